The van der Waals surface area contributed by atoms with Gasteiger partial charge in [-0.15, -0.1) is 11.3 Å². The van der Waals surface area contributed by atoms with Crippen LogP contribution in [0, 0.1) is 0 Å². The maximum atomic E-state index is 11.9. The van der Waals surface area contributed by atoms with Crippen LogP contribution in [0.5, 0.6) is 0 Å². The number of esters is 1. The highest BCUT2D eigenvalue weighted by molar-refractivity contribution is 7.16. The number of rotatable bonds is 5. The summed E-state index contributed by atoms with van der Waals surface area (Å²) in [5.74, 6) is -0.289. The first-order chi connectivity index (χ1) is 9.17. The fourth-order valence-corrected chi connectivity index (χ4v) is 3.46. The Balaban J connectivity index is 2.15. The summed E-state index contributed by atoms with van der Waals surface area (Å²) in [6.07, 6.45) is 0.848. The maximum absolute atomic E-state index is 11.9. The van der Waals surface area contributed by atoms with Crippen molar-refractivity contribution in [3.8, 4) is 0 Å². The van der Waals surface area contributed by atoms with E-state index in [0.29, 0.717) is 17.2 Å². The van der Waals surface area contributed by atoms with Gasteiger partial charge in [-0.2, -0.15) is 0 Å². The van der Waals surface area contributed by atoms with Crippen molar-refractivity contribution in [1.82, 2.24) is 4.90 Å². The molecule has 1 aliphatic rings. The summed E-state index contributed by atoms with van der Waals surface area (Å²) in [5, 5.41) is 0.581. The molecule has 2 N–H and O–H groups in total. The van der Waals surface area contributed by atoms with Crippen LogP contribution in [-0.2, 0) is 22.4 Å². The molecular formula is C13H20N2O3S. The van der Waals surface area contributed by atoms with Gasteiger partial charge in [0.25, 0.3) is 0 Å². The number of hydrogen-bond donors (Lipinski definition) is 1. The molecule has 2 rings (SSSR count). The summed E-state index contributed by atoms with van der Waals surface area (Å²) in [6, 6.07) is 0. The summed E-state index contributed by atoms with van der Waals surface area (Å²) in [4.78, 5) is 15.4. The van der Waals surface area contributed by atoms with E-state index in [9.17, 15) is 4.79 Å². The fraction of sp³-hybridized carbons (Fsp3) is 0.615. The number of nitrogens with two attached hydrogens (primary N) is 1. The minimum Gasteiger partial charge on any atom is -0.462 e. The van der Waals surface area contributed by atoms with Crippen molar-refractivity contribution in [3.05, 3.63) is 16.0 Å². The molecule has 106 valence electrons. The van der Waals surface area contributed by atoms with Crippen molar-refractivity contribution in [2.75, 3.05) is 39.1 Å². The van der Waals surface area contributed by atoms with E-state index in [1.807, 2.05) is 0 Å². The van der Waals surface area contributed by atoms with E-state index >= 15 is 0 Å². The summed E-state index contributed by atoms with van der Waals surface area (Å²) in [6.45, 7) is 5.58. The predicted octanol–water partition coefficient (Wildman–Crippen LogP) is 1.51. The molecule has 0 amide bonds. The van der Waals surface area contributed by atoms with Gasteiger partial charge in [-0.1, -0.05) is 0 Å². The normalized spacial score (nSPS) is 15.3. The Hall–Kier alpha value is -1.11. The van der Waals surface area contributed by atoms with Crippen molar-refractivity contribution in [2.24, 2.45) is 0 Å². The van der Waals surface area contributed by atoms with Gasteiger partial charge >= 0.3 is 5.97 Å². The van der Waals surface area contributed by atoms with Gasteiger partial charge in [-0.05, 0) is 18.9 Å². The van der Waals surface area contributed by atoms with Crippen molar-refractivity contribution in [1.29, 1.82) is 0 Å². The highest BCUT2D eigenvalue weighted by Crippen LogP contribution is 2.35. The zero-order valence-corrected chi connectivity index (χ0v) is 12.2. The second-order valence-electron chi connectivity index (χ2n) is 4.48. The number of hydrogen-bond acceptors (Lipinski definition) is 6. The Morgan fingerprint density at radius 3 is 3.00 bits per heavy atom. The molecule has 1 aromatic rings. The number of nitrogen functional groups attached to an aromatic ring is 1. The average molecular weight is 284 g/mol. The van der Waals surface area contributed by atoms with Gasteiger partial charge in [-0.25, -0.2) is 4.79 Å². The molecule has 0 fully saturated rings. The molecule has 0 radical (unpaired) electrons. The molecule has 0 bridgehead atoms. The second-order valence-corrected chi connectivity index (χ2v) is 5.62. The van der Waals surface area contributed by atoms with E-state index in [2.05, 4.69) is 4.90 Å². The smallest absolute Gasteiger partial charge is 0.341 e. The number of carbonyl (C=O) groups excluding carboxylic acids is 1. The molecule has 2 heterocycles. The highest BCUT2D eigenvalue weighted by atomic mass is 32.1. The number of ether oxygens (including phenoxy) is 2. The molecule has 0 unspecified atom stereocenters. The number of carbonyl (C=O) groups is 1. The van der Waals surface area contributed by atoms with Crippen LogP contribution >= 0.6 is 11.3 Å². The fourth-order valence-electron chi connectivity index (χ4n) is 2.32. The molecule has 6 heteroatoms. The largest absolute Gasteiger partial charge is 0.462 e. The molecular weight excluding hydrogens is 264 g/mol. The first kappa shape index (κ1) is 14.3. The molecule has 5 nitrogen and oxygen atoms in total. The average Bonchev–Trinajstić information content (AvgIpc) is 2.71. The molecule has 0 aliphatic carbocycles. The van der Waals surface area contributed by atoms with Crippen molar-refractivity contribution in [2.45, 2.75) is 19.9 Å². The van der Waals surface area contributed by atoms with Crippen LogP contribution in [0.4, 0.5) is 5.00 Å². The van der Waals surface area contributed by atoms with Gasteiger partial charge in [0, 0.05) is 31.6 Å². The van der Waals surface area contributed by atoms with E-state index in [1.54, 1.807) is 14.0 Å². The molecule has 0 spiro atoms. The summed E-state index contributed by atoms with van der Waals surface area (Å²) in [7, 11) is 1.71. The Bertz CT molecular complexity index is 459. The van der Waals surface area contributed by atoms with E-state index < -0.39 is 0 Å². The van der Waals surface area contributed by atoms with Crippen LogP contribution in [-0.4, -0.2) is 44.3 Å². The number of anilines is 1. The van der Waals surface area contributed by atoms with Crippen LogP contribution in [0.3, 0.4) is 0 Å². The lowest BCUT2D eigenvalue weighted by molar-refractivity contribution is 0.0526. The standard InChI is InChI=1S/C13H20N2O3S/c1-3-18-13(16)11-9-4-5-15(6-7-17-2)8-10(9)19-12(11)14/h3-8,14H2,1-2H3. The quantitative estimate of drug-likeness (QED) is 0.830. The molecule has 0 saturated heterocycles. The Morgan fingerprint density at radius 2 is 2.32 bits per heavy atom. The van der Waals surface area contributed by atoms with E-state index in [0.717, 1.165) is 38.2 Å². The topological polar surface area (TPSA) is 64.8 Å². The number of nitrogens with zero attached hydrogens (tertiary/aromatic N) is 1. The molecule has 0 aromatic carbocycles. The van der Waals surface area contributed by atoms with Crippen LogP contribution in [0.25, 0.3) is 0 Å². The first-order valence-electron chi connectivity index (χ1n) is 6.45. The molecule has 0 saturated carbocycles. The lowest BCUT2D eigenvalue weighted by Crippen LogP contribution is -2.32. The van der Waals surface area contributed by atoms with Gasteiger partial charge in [0.05, 0.1) is 18.8 Å². The zero-order valence-electron chi connectivity index (χ0n) is 11.4. The predicted molar refractivity (Wildman–Crippen MR) is 75.5 cm³/mol. The third kappa shape index (κ3) is 3.08. The second kappa shape index (κ2) is 6.36. The van der Waals surface area contributed by atoms with Gasteiger partial charge in [0.15, 0.2) is 0 Å². The van der Waals surface area contributed by atoms with E-state index in [1.165, 1.54) is 16.2 Å². The SMILES string of the molecule is CCOC(=O)c1c(N)sc2c1CCN(CCOC)C2. The Kier molecular flexibility index (Phi) is 4.79. The van der Waals surface area contributed by atoms with Crippen LogP contribution in [0.1, 0.15) is 27.7 Å². The van der Waals surface area contributed by atoms with E-state index in [-0.39, 0.29) is 5.97 Å². The lowest BCUT2D eigenvalue weighted by Gasteiger charge is -2.26. The van der Waals surface area contributed by atoms with Gasteiger partial charge < -0.3 is 15.2 Å². The summed E-state index contributed by atoms with van der Waals surface area (Å²) in [5.41, 5.74) is 7.64. The van der Waals surface area contributed by atoms with Crippen LogP contribution in [0.2, 0.25) is 0 Å². The molecule has 1 aliphatic heterocycles. The van der Waals surface area contributed by atoms with Crippen LogP contribution in [0.15, 0.2) is 0 Å². The summed E-state index contributed by atoms with van der Waals surface area (Å²) < 4.78 is 10.2. The minimum absolute atomic E-state index is 0.289. The molecule has 0 atom stereocenters. The van der Waals surface area contributed by atoms with Gasteiger partial charge in [0.2, 0.25) is 0 Å². The minimum atomic E-state index is -0.289. The van der Waals surface area contributed by atoms with Gasteiger partial charge in [0.1, 0.15) is 5.00 Å². The van der Waals surface area contributed by atoms with Gasteiger partial charge in [-0.3, -0.25) is 4.90 Å². The first-order valence-corrected chi connectivity index (χ1v) is 7.27. The molecule has 19 heavy (non-hydrogen) atoms. The zero-order chi connectivity index (χ0) is 13.8. The van der Waals surface area contributed by atoms with Crippen molar-refractivity contribution in [3.63, 3.8) is 0 Å². The Labute approximate surface area is 117 Å². The number of fused-ring (bicyclic) bond motifs is 1. The third-order valence-corrected chi connectivity index (χ3v) is 4.30. The van der Waals surface area contributed by atoms with Crippen LogP contribution < -0.4 is 5.73 Å². The third-order valence-electron chi connectivity index (χ3n) is 3.25. The number of methoxy groups -OCH3 is 1. The van der Waals surface area contributed by atoms with E-state index in [4.69, 9.17) is 15.2 Å². The Morgan fingerprint density at radius 1 is 1.53 bits per heavy atom. The highest BCUT2D eigenvalue weighted by Gasteiger charge is 2.27. The van der Waals surface area contributed by atoms with Crippen molar-refractivity contribution >= 4 is 22.3 Å². The molecule has 1 aromatic heterocycles. The number of thiophene rings is 1. The summed E-state index contributed by atoms with van der Waals surface area (Å²) >= 11 is 1.50. The monoisotopic (exact) mass is 284 g/mol. The van der Waals surface area contributed by atoms with Crippen molar-refractivity contribution < 1.29 is 14.3 Å². The maximum Gasteiger partial charge on any atom is 0.341 e. The lowest BCUT2D eigenvalue weighted by atomic mass is 10.0.